The molecule has 0 aliphatic rings. The number of rotatable bonds is 2. The molecule has 0 fully saturated rings. The first kappa shape index (κ1) is 16.4. The molecule has 0 spiro atoms. The van der Waals surface area contributed by atoms with Crippen molar-refractivity contribution in [2.24, 2.45) is 0 Å². The van der Waals surface area contributed by atoms with E-state index in [1.165, 1.54) is 11.1 Å². The minimum absolute atomic E-state index is 1.12. The van der Waals surface area contributed by atoms with Crippen LogP contribution < -0.4 is 0 Å². The fraction of sp³-hybridized carbons (Fsp3) is 0.467. The van der Waals surface area contributed by atoms with E-state index in [9.17, 15) is 0 Å². The monoisotopic (exact) mass is 206 g/mol. The lowest BCUT2D eigenvalue weighted by molar-refractivity contribution is 1.14. The van der Waals surface area contributed by atoms with E-state index in [2.05, 4.69) is 43.3 Å². The first-order valence-electron chi connectivity index (χ1n) is 6.08. The average molecular weight is 206 g/mol. The van der Waals surface area contributed by atoms with Gasteiger partial charge in [-0.25, -0.2) is 0 Å². The summed E-state index contributed by atoms with van der Waals surface area (Å²) in [6.07, 6.45) is 5.30. The quantitative estimate of drug-likeness (QED) is 0.613. The van der Waals surface area contributed by atoms with Crippen LogP contribution in [0, 0.1) is 0 Å². The predicted molar refractivity (Wildman–Crippen MR) is 73.2 cm³/mol. The Kier molecular flexibility index (Phi) is 14.2. The number of aryl methyl sites for hydroxylation is 1. The highest BCUT2D eigenvalue weighted by atomic mass is 13.9. The van der Waals surface area contributed by atoms with Gasteiger partial charge < -0.3 is 0 Å². The molecule has 86 valence electrons. The van der Waals surface area contributed by atoms with Crippen LogP contribution >= 0.6 is 0 Å². The Hall–Kier alpha value is -1.04. The Morgan fingerprint density at radius 3 is 2.13 bits per heavy atom. The maximum absolute atomic E-state index is 2.22. The van der Waals surface area contributed by atoms with Crippen LogP contribution in [0.3, 0.4) is 0 Å². The zero-order valence-electron chi connectivity index (χ0n) is 11.2. The summed E-state index contributed by atoms with van der Waals surface area (Å²) < 4.78 is 0. The van der Waals surface area contributed by atoms with Gasteiger partial charge in [0, 0.05) is 0 Å². The maximum atomic E-state index is 2.22. The van der Waals surface area contributed by atoms with Crippen molar-refractivity contribution >= 4 is 6.08 Å². The summed E-state index contributed by atoms with van der Waals surface area (Å²) >= 11 is 0. The summed E-state index contributed by atoms with van der Waals surface area (Å²) in [5, 5.41) is 0. The third-order valence-electron chi connectivity index (χ3n) is 1.72. The van der Waals surface area contributed by atoms with Crippen LogP contribution in [0.4, 0.5) is 0 Å². The Balaban J connectivity index is 0. The van der Waals surface area contributed by atoms with Gasteiger partial charge in [0.15, 0.2) is 0 Å². The second-order valence-corrected chi connectivity index (χ2v) is 2.60. The van der Waals surface area contributed by atoms with E-state index < -0.39 is 0 Å². The highest BCUT2D eigenvalue weighted by Crippen LogP contribution is 2.07. The van der Waals surface area contributed by atoms with Gasteiger partial charge in [0.1, 0.15) is 0 Å². The zero-order valence-corrected chi connectivity index (χ0v) is 11.2. The molecule has 0 bridgehead atoms. The van der Waals surface area contributed by atoms with Crippen molar-refractivity contribution in [3.8, 4) is 0 Å². The Morgan fingerprint density at radius 1 is 1.07 bits per heavy atom. The van der Waals surface area contributed by atoms with Crippen molar-refractivity contribution in [1.82, 2.24) is 0 Å². The molecule has 1 rings (SSSR count). The molecule has 1 aromatic rings. The molecule has 0 nitrogen and oxygen atoms in total. The van der Waals surface area contributed by atoms with Crippen LogP contribution in [-0.4, -0.2) is 0 Å². The summed E-state index contributed by atoms with van der Waals surface area (Å²) in [4.78, 5) is 0. The number of benzene rings is 1. The van der Waals surface area contributed by atoms with Gasteiger partial charge in [0.25, 0.3) is 0 Å². The van der Waals surface area contributed by atoms with Crippen molar-refractivity contribution in [2.45, 2.75) is 48.0 Å². The van der Waals surface area contributed by atoms with Crippen LogP contribution in [0.2, 0.25) is 0 Å². The van der Waals surface area contributed by atoms with Crippen molar-refractivity contribution < 1.29 is 0 Å². The van der Waals surface area contributed by atoms with Crippen molar-refractivity contribution in [2.75, 3.05) is 0 Å². The lowest BCUT2D eigenvalue weighted by atomic mass is 10.1. The van der Waals surface area contributed by atoms with Gasteiger partial charge in [0.2, 0.25) is 0 Å². The van der Waals surface area contributed by atoms with Gasteiger partial charge in [-0.3, -0.25) is 0 Å². The Labute approximate surface area is 96.0 Å². The maximum Gasteiger partial charge on any atom is -0.0257 e. The molecule has 0 atom stereocenters. The van der Waals surface area contributed by atoms with Gasteiger partial charge in [0.05, 0.1) is 0 Å². The predicted octanol–water partition coefficient (Wildman–Crippen LogP) is 5.33. The van der Waals surface area contributed by atoms with Gasteiger partial charge >= 0.3 is 0 Å². The summed E-state index contributed by atoms with van der Waals surface area (Å²) in [5.41, 5.74) is 2.70. The molecule has 0 heterocycles. The smallest absolute Gasteiger partial charge is 0.0257 e. The van der Waals surface area contributed by atoms with E-state index in [0.29, 0.717) is 0 Å². The van der Waals surface area contributed by atoms with E-state index in [-0.39, 0.29) is 0 Å². The summed E-state index contributed by atoms with van der Waals surface area (Å²) in [6, 6.07) is 8.61. The van der Waals surface area contributed by atoms with E-state index >= 15 is 0 Å². The van der Waals surface area contributed by atoms with Crippen LogP contribution in [0.15, 0.2) is 30.3 Å². The topological polar surface area (TPSA) is 0 Å². The minimum Gasteiger partial charge on any atom is -0.0871 e. The molecule has 0 saturated heterocycles. The fourth-order valence-electron chi connectivity index (χ4n) is 1.11. The van der Waals surface area contributed by atoms with E-state index in [4.69, 9.17) is 0 Å². The van der Waals surface area contributed by atoms with Gasteiger partial charge in [-0.05, 0) is 24.5 Å². The summed E-state index contributed by atoms with van der Waals surface area (Å²) in [6.45, 7) is 12.2. The molecule has 0 N–H and O–H groups in total. The first-order chi connectivity index (χ1) is 7.36. The molecule has 15 heavy (non-hydrogen) atoms. The van der Waals surface area contributed by atoms with Crippen LogP contribution in [-0.2, 0) is 6.42 Å². The van der Waals surface area contributed by atoms with E-state index in [0.717, 1.165) is 6.42 Å². The van der Waals surface area contributed by atoms with Crippen molar-refractivity contribution in [3.05, 3.63) is 41.5 Å². The SMILES string of the molecule is C/C=C/c1cccc(CC)c1.CC.CC. The lowest BCUT2D eigenvalue weighted by Gasteiger charge is -1.96. The number of hydrogen-bond acceptors (Lipinski definition) is 0. The highest BCUT2D eigenvalue weighted by molar-refractivity contribution is 5.49. The van der Waals surface area contributed by atoms with Crippen molar-refractivity contribution in [3.63, 3.8) is 0 Å². The molecule has 0 aliphatic carbocycles. The van der Waals surface area contributed by atoms with Gasteiger partial charge in [-0.1, -0.05) is 71.0 Å². The molecule has 0 unspecified atom stereocenters. The molecular formula is C15H26. The number of allylic oxidation sites excluding steroid dienone is 1. The van der Waals surface area contributed by atoms with Crippen LogP contribution in [0.1, 0.15) is 52.7 Å². The van der Waals surface area contributed by atoms with Crippen molar-refractivity contribution in [1.29, 1.82) is 0 Å². The molecule has 0 aliphatic heterocycles. The molecule has 0 aromatic heterocycles. The van der Waals surface area contributed by atoms with Crippen LogP contribution in [0.25, 0.3) is 6.08 Å². The van der Waals surface area contributed by atoms with Gasteiger partial charge in [-0.15, -0.1) is 0 Å². The largest absolute Gasteiger partial charge is 0.0871 e. The second kappa shape index (κ2) is 13.0. The van der Waals surface area contributed by atoms with Crippen LogP contribution in [0.5, 0.6) is 0 Å². The molecule has 0 amide bonds. The average Bonchev–Trinajstić information content (AvgIpc) is 2.35. The summed E-state index contributed by atoms with van der Waals surface area (Å²) in [5.74, 6) is 0. The lowest BCUT2D eigenvalue weighted by Crippen LogP contribution is -1.79. The first-order valence-corrected chi connectivity index (χ1v) is 6.08. The standard InChI is InChI=1S/C11H14.2C2H6/c1-3-6-11-8-5-7-10(4-2)9-11;2*1-2/h3,5-9H,4H2,1-2H3;2*1-2H3/b6-3+;;. The third kappa shape index (κ3) is 7.99. The highest BCUT2D eigenvalue weighted by Gasteiger charge is 1.88. The van der Waals surface area contributed by atoms with E-state index in [1.54, 1.807) is 0 Å². The fourth-order valence-corrected chi connectivity index (χ4v) is 1.11. The molecule has 0 heteroatoms. The minimum atomic E-state index is 1.12. The Bertz CT molecular complexity index is 246. The normalized spacial score (nSPS) is 8.67. The number of hydrogen-bond donors (Lipinski definition) is 0. The molecular weight excluding hydrogens is 180 g/mol. The summed E-state index contributed by atoms with van der Waals surface area (Å²) in [7, 11) is 0. The zero-order chi connectivity index (χ0) is 12.1. The molecule has 0 saturated carbocycles. The second-order valence-electron chi connectivity index (χ2n) is 2.60. The molecule has 0 radical (unpaired) electrons. The molecule has 1 aromatic carbocycles. The van der Waals surface area contributed by atoms with E-state index in [1.807, 2.05) is 34.6 Å². The van der Waals surface area contributed by atoms with Gasteiger partial charge in [-0.2, -0.15) is 0 Å². The Morgan fingerprint density at radius 2 is 1.67 bits per heavy atom. The third-order valence-corrected chi connectivity index (χ3v) is 1.72.